The first-order valence-corrected chi connectivity index (χ1v) is 6.73. The minimum atomic E-state index is -0.599. The highest BCUT2D eigenvalue weighted by atomic mass is 16.5. The molecule has 2 aromatic rings. The molecule has 4 nitrogen and oxygen atoms in total. The average molecular weight is 257 g/mol. The molecule has 19 heavy (non-hydrogen) atoms. The number of nitrogens with zero attached hydrogens (tertiary/aromatic N) is 2. The first-order chi connectivity index (χ1) is 9.00. The van der Waals surface area contributed by atoms with Crippen LogP contribution in [0, 0.1) is 6.92 Å². The molecule has 4 heteroatoms. The zero-order valence-electron chi connectivity index (χ0n) is 11.6. The summed E-state index contributed by atoms with van der Waals surface area (Å²) in [4.78, 5) is 4.49. The molecule has 1 atom stereocenters. The van der Waals surface area contributed by atoms with E-state index >= 15 is 0 Å². The number of rotatable bonds is 2. The third-order valence-electron chi connectivity index (χ3n) is 3.87. The Morgan fingerprint density at radius 3 is 2.84 bits per heavy atom. The van der Waals surface area contributed by atoms with E-state index in [9.17, 15) is 0 Å². The van der Waals surface area contributed by atoms with Gasteiger partial charge in [0, 0.05) is 5.92 Å². The second-order valence-electron chi connectivity index (χ2n) is 5.74. The van der Waals surface area contributed by atoms with Crippen molar-refractivity contribution in [3.63, 3.8) is 0 Å². The predicted octanol–water partition coefficient (Wildman–Crippen LogP) is 2.65. The van der Waals surface area contributed by atoms with Crippen molar-refractivity contribution < 1.29 is 4.52 Å². The summed E-state index contributed by atoms with van der Waals surface area (Å²) in [7, 11) is 0. The number of aromatic nitrogens is 2. The Kier molecular flexibility index (Phi) is 2.71. The Bertz CT molecular complexity index is 618. The van der Waals surface area contributed by atoms with E-state index in [-0.39, 0.29) is 5.92 Å². The lowest BCUT2D eigenvalue weighted by Crippen LogP contribution is -2.36. The fraction of sp³-hybridized carbons (Fsp3) is 0.467. The van der Waals surface area contributed by atoms with Gasteiger partial charge in [-0.1, -0.05) is 42.8 Å². The first-order valence-electron chi connectivity index (χ1n) is 6.73. The normalized spacial score (nSPS) is 21.9. The maximum absolute atomic E-state index is 6.59. The third kappa shape index (κ3) is 1.87. The summed E-state index contributed by atoms with van der Waals surface area (Å²) in [5, 5.41) is 4.11. The second-order valence-corrected chi connectivity index (χ2v) is 5.74. The minimum Gasteiger partial charge on any atom is -0.339 e. The van der Waals surface area contributed by atoms with Crippen molar-refractivity contribution in [3.05, 3.63) is 46.6 Å². The number of hydrogen-bond acceptors (Lipinski definition) is 4. The smallest absolute Gasteiger partial charge is 0.229 e. The molecule has 0 saturated carbocycles. The highest BCUT2D eigenvalue weighted by Gasteiger charge is 2.40. The lowest BCUT2D eigenvalue weighted by Gasteiger charge is -2.21. The van der Waals surface area contributed by atoms with E-state index in [2.05, 4.69) is 35.3 Å². The van der Waals surface area contributed by atoms with Crippen molar-refractivity contribution in [1.29, 1.82) is 0 Å². The van der Waals surface area contributed by atoms with Gasteiger partial charge in [-0.05, 0) is 30.9 Å². The second kappa shape index (κ2) is 4.17. The number of aryl methyl sites for hydroxylation is 2. The van der Waals surface area contributed by atoms with Crippen LogP contribution in [0.25, 0.3) is 0 Å². The van der Waals surface area contributed by atoms with Gasteiger partial charge in [0.05, 0.1) is 0 Å². The van der Waals surface area contributed by atoms with Crippen LogP contribution >= 0.6 is 0 Å². The molecule has 0 aliphatic heterocycles. The molecule has 1 heterocycles. The van der Waals surface area contributed by atoms with Crippen LogP contribution in [0.15, 0.2) is 22.7 Å². The summed E-state index contributed by atoms with van der Waals surface area (Å²) in [5.74, 6) is 1.49. The zero-order valence-corrected chi connectivity index (χ0v) is 11.6. The van der Waals surface area contributed by atoms with Crippen LogP contribution < -0.4 is 5.73 Å². The topological polar surface area (TPSA) is 64.9 Å². The lowest BCUT2D eigenvalue weighted by molar-refractivity contribution is 0.350. The van der Waals surface area contributed by atoms with Crippen LogP contribution in [0.5, 0.6) is 0 Å². The summed E-state index contributed by atoms with van der Waals surface area (Å²) in [5.41, 5.74) is 9.64. The summed E-state index contributed by atoms with van der Waals surface area (Å²) in [6.45, 7) is 6.15. The first kappa shape index (κ1) is 12.4. The number of fused-ring (bicyclic) bond motifs is 1. The standard InChI is InChI=1S/C15H19N3O/c1-9(2)13-17-14(18-19-13)15(16)7-6-11-5-4-10(3)8-12(11)15/h4-5,8-9H,6-7,16H2,1-3H3. The van der Waals surface area contributed by atoms with Gasteiger partial charge in [-0.2, -0.15) is 4.98 Å². The van der Waals surface area contributed by atoms with Gasteiger partial charge >= 0.3 is 0 Å². The Morgan fingerprint density at radius 2 is 2.16 bits per heavy atom. The van der Waals surface area contributed by atoms with Gasteiger partial charge in [0.2, 0.25) is 5.89 Å². The minimum absolute atomic E-state index is 0.225. The van der Waals surface area contributed by atoms with E-state index in [1.165, 1.54) is 11.1 Å². The summed E-state index contributed by atoms with van der Waals surface area (Å²) in [6, 6.07) is 6.43. The monoisotopic (exact) mass is 257 g/mol. The van der Waals surface area contributed by atoms with E-state index in [4.69, 9.17) is 10.3 Å². The molecule has 0 amide bonds. The Balaban J connectivity index is 2.08. The molecular weight excluding hydrogens is 238 g/mol. The van der Waals surface area contributed by atoms with E-state index in [1.807, 2.05) is 13.8 Å². The number of hydrogen-bond donors (Lipinski definition) is 1. The van der Waals surface area contributed by atoms with Crippen LogP contribution in [-0.4, -0.2) is 10.1 Å². The molecule has 3 rings (SSSR count). The van der Waals surface area contributed by atoms with Crippen LogP contribution in [0.2, 0.25) is 0 Å². The van der Waals surface area contributed by atoms with Crippen LogP contribution in [-0.2, 0) is 12.0 Å². The summed E-state index contributed by atoms with van der Waals surface area (Å²) in [6.07, 6.45) is 1.81. The third-order valence-corrected chi connectivity index (χ3v) is 3.87. The molecule has 1 aromatic carbocycles. The van der Waals surface area contributed by atoms with Gasteiger partial charge in [-0.25, -0.2) is 0 Å². The van der Waals surface area contributed by atoms with Crippen LogP contribution in [0.4, 0.5) is 0 Å². The fourth-order valence-corrected chi connectivity index (χ4v) is 2.67. The Labute approximate surface area is 113 Å². The molecular formula is C15H19N3O. The summed E-state index contributed by atoms with van der Waals surface area (Å²) >= 11 is 0. The molecule has 0 fully saturated rings. The van der Waals surface area contributed by atoms with Crippen LogP contribution in [0.1, 0.15) is 54.6 Å². The highest BCUT2D eigenvalue weighted by molar-refractivity contribution is 5.44. The summed E-state index contributed by atoms with van der Waals surface area (Å²) < 4.78 is 5.31. The van der Waals surface area contributed by atoms with Gasteiger partial charge in [-0.3, -0.25) is 0 Å². The van der Waals surface area contributed by atoms with Crippen molar-refractivity contribution in [2.45, 2.75) is 45.1 Å². The Hall–Kier alpha value is -1.68. The molecule has 1 unspecified atom stereocenters. The molecule has 2 N–H and O–H groups in total. The molecule has 0 radical (unpaired) electrons. The maximum Gasteiger partial charge on any atom is 0.229 e. The van der Waals surface area contributed by atoms with Crippen LogP contribution in [0.3, 0.4) is 0 Å². The highest BCUT2D eigenvalue weighted by Crippen LogP contribution is 2.39. The van der Waals surface area contributed by atoms with Gasteiger partial charge < -0.3 is 10.3 Å². The fourth-order valence-electron chi connectivity index (χ4n) is 2.67. The lowest BCUT2D eigenvalue weighted by atomic mass is 9.91. The average Bonchev–Trinajstić information content (AvgIpc) is 2.96. The van der Waals surface area contributed by atoms with Crippen molar-refractivity contribution >= 4 is 0 Å². The molecule has 1 aliphatic carbocycles. The quantitative estimate of drug-likeness (QED) is 0.898. The molecule has 0 bridgehead atoms. The van der Waals surface area contributed by atoms with E-state index in [0.29, 0.717) is 11.7 Å². The van der Waals surface area contributed by atoms with Gasteiger partial charge in [0.1, 0.15) is 5.54 Å². The van der Waals surface area contributed by atoms with Crippen molar-refractivity contribution in [2.75, 3.05) is 0 Å². The van der Waals surface area contributed by atoms with E-state index in [1.54, 1.807) is 0 Å². The Morgan fingerprint density at radius 1 is 1.37 bits per heavy atom. The maximum atomic E-state index is 6.59. The van der Waals surface area contributed by atoms with E-state index in [0.717, 1.165) is 18.4 Å². The van der Waals surface area contributed by atoms with Crippen molar-refractivity contribution in [1.82, 2.24) is 10.1 Å². The SMILES string of the molecule is Cc1ccc2c(c1)C(N)(c1noc(C(C)C)n1)CC2. The molecule has 1 aromatic heterocycles. The zero-order chi connectivity index (χ0) is 13.6. The molecule has 0 saturated heterocycles. The molecule has 100 valence electrons. The van der Waals surface area contributed by atoms with Crippen molar-refractivity contribution in [3.8, 4) is 0 Å². The largest absolute Gasteiger partial charge is 0.339 e. The van der Waals surface area contributed by atoms with E-state index < -0.39 is 5.54 Å². The van der Waals surface area contributed by atoms with Gasteiger partial charge in [-0.15, -0.1) is 0 Å². The predicted molar refractivity (Wildman–Crippen MR) is 72.9 cm³/mol. The van der Waals surface area contributed by atoms with Crippen molar-refractivity contribution in [2.24, 2.45) is 5.73 Å². The number of benzene rings is 1. The molecule has 0 spiro atoms. The number of nitrogens with two attached hydrogens (primary N) is 1. The van der Waals surface area contributed by atoms with Gasteiger partial charge in [0.15, 0.2) is 5.82 Å². The van der Waals surface area contributed by atoms with Gasteiger partial charge in [0.25, 0.3) is 0 Å². The molecule has 1 aliphatic rings.